The Hall–Kier alpha value is -1.31. The molecule has 0 spiro atoms. The van der Waals surface area contributed by atoms with Gasteiger partial charge in [0.1, 0.15) is 0 Å². The SMILES string of the molecule is CCC(CC)C(=O)NCc1cc(C#CCN)cs1. The van der Waals surface area contributed by atoms with E-state index in [-0.39, 0.29) is 11.8 Å². The second-order valence-electron chi connectivity index (χ2n) is 4.04. The Labute approximate surface area is 113 Å². The lowest BCUT2D eigenvalue weighted by Gasteiger charge is -2.11. The second-order valence-corrected chi connectivity index (χ2v) is 5.03. The Balaban J connectivity index is 2.48. The van der Waals surface area contributed by atoms with Crippen molar-refractivity contribution in [2.75, 3.05) is 6.54 Å². The highest BCUT2D eigenvalue weighted by atomic mass is 32.1. The van der Waals surface area contributed by atoms with Crippen molar-refractivity contribution in [3.05, 3.63) is 21.9 Å². The fraction of sp³-hybridized carbons (Fsp3) is 0.500. The average Bonchev–Trinajstić information content (AvgIpc) is 2.83. The van der Waals surface area contributed by atoms with Crippen molar-refractivity contribution in [2.24, 2.45) is 11.7 Å². The largest absolute Gasteiger partial charge is 0.351 e. The summed E-state index contributed by atoms with van der Waals surface area (Å²) in [6.45, 7) is 5.04. The smallest absolute Gasteiger partial charge is 0.223 e. The predicted octanol–water partition coefficient (Wildman–Crippen LogP) is 2.11. The van der Waals surface area contributed by atoms with Gasteiger partial charge in [0, 0.05) is 21.7 Å². The summed E-state index contributed by atoms with van der Waals surface area (Å²) in [6, 6.07) is 2.00. The Morgan fingerprint density at radius 3 is 2.83 bits per heavy atom. The number of hydrogen-bond acceptors (Lipinski definition) is 3. The number of thiophene rings is 1. The first-order valence-corrected chi connectivity index (χ1v) is 7.13. The maximum atomic E-state index is 11.8. The molecule has 1 rings (SSSR count). The molecule has 3 N–H and O–H groups in total. The van der Waals surface area contributed by atoms with E-state index in [0.717, 1.165) is 23.3 Å². The summed E-state index contributed by atoms with van der Waals surface area (Å²) in [4.78, 5) is 12.9. The van der Waals surface area contributed by atoms with Gasteiger partial charge in [0.15, 0.2) is 0 Å². The van der Waals surface area contributed by atoms with Crippen LogP contribution in [-0.4, -0.2) is 12.5 Å². The van der Waals surface area contributed by atoms with Crippen LogP contribution in [0.3, 0.4) is 0 Å². The summed E-state index contributed by atoms with van der Waals surface area (Å²) in [5.74, 6) is 6.06. The Morgan fingerprint density at radius 2 is 2.22 bits per heavy atom. The quantitative estimate of drug-likeness (QED) is 0.800. The molecule has 0 bridgehead atoms. The van der Waals surface area contributed by atoms with Gasteiger partial charge in [-0.25, -0.2) is 0 Å². The van der Waals surface area contributed by atoms with E-state index in [1.54, 1.807) is 11.3 Å². The van der Waals surface area contributed by atoms with Crippen molar-refractivity contribution >= 4 is 17.2 Å². The van der Waals surface area contributed by atoms with Crippen molar-refractivity contribution in [1.29, 1.82) is 0 Å². The van der Waals surface area contributed by atoms with Gasteiger partial charge in [-0.15, -0.1) is 11.3 Å². The van der Waals surface area contributed by atoms with Crippen LogP contribution in [-0.2, 0) is 11.3 Å². The number of nitrogens with two attached hydrogens (primary N) is 1. The topological polar surface area (TPSA) is 55.1 Å². The molecule has 98 valence electrons. The molecule has 0 atom stereocenters. The molecule has 0 aromatic carbocycles. The van der Waals surface area contributed by atoms with Crippen LogP contribution in [0.5, 0.6) is 0 Å². The number of carbonyl (C=O) groups is 1. The lowest BCUT2D eigenvalue weighted by atomic mass is 10.0. The van der Waals surface area contributed by atoms with E-state index >= 15 is 0 Å². The van der Waals surface area contributed by atoms with Gasteiger partial charge in [-0.3, -0.25) is 4.79 Å². The van der Waals surface area contributed by atoms with Crippen LogP contribution >= 0.6 is 11.3 Å². The maximum Gasteiger partial charge on any atom is 0.223 e. The third-order valence-electron chi connectivity index (χ3n) is 2.78. The van der Waals surface area contributed by atoms with E-state index in [1.165, 1.54) is 0 Å². The van der Waals surface area contributed by atoms with Crippen LogP contribution in [0.4, 0.5) is 0 Å². The average molecular weight is 264 g/mol. The van der Waals surface area contributed by atoms with Crippen molar-refractivity contribution < 1.29 is 4.79 Å². The normalized spacial score (nSPS) is 10.0. The summed E-state index contributed by atoms with van der Waals surface area (Å²) in [5, 5.41) is 4.96. The zero-order valence-corrected chi connectivity index (χ0v) is 11.8. The second kappa shape index (κ2) is 7.91. The Kier molecular flexibility index (Phi) is 6.48. The molecule has 18 heavy (non-hydrogen) atoms. The van der Waals surface area contributed by atoms with Gasteiger partial charge in [0.25, 0.3) is 0 Å². The van der Waals surface area contributed by atoms with E-state index in [2.05, 4.69) is 17.2 Å². The van der Waals surface area contributed by atoms with Gasteiger partial charge in [0.2, 0.25) is 5.91 Å². The molecule has 0 aliphatic rings. The molecule has 0 fully saturated rings. The summed E-state index contributed by atoms with van der Waals surface area (Å²) in [6.07, 6.45) is 1.78. The Morgan fingerprint density at radius 1 is 1.50 bits per heavy atom. The van der Waals surface area contributed by atoms with Gasteiger partial charge >= 0.3 is 0 Å². The predicted molar refractivity (Wildman–Crippen MR) is 76.2 cm³/mol. The molecular formula is C14H20N2OS. The molecule has 0 saturated carbocycles. The van der Waals surface area contributed by atoms with Crippen LogP contribution in [0, 0.1) is 17.8 Å². The zero-order chi connectivity index (χ0) is 13.4. The van der Waals surface area contributed by atoms with Crippen LogP contribution in [0.2, 0.25) is 0 Å². The van der Waals surface area contributed by atoms with Gasteiger partial charge in [0.05, 0.1) is 13.1 Å². The van der Waals surface area contributed by atoms with Crippen LogP contribution < -0.4 is 11.1 Å². The maximum absolute atomic E-state index is 11.8. The van der Waals surface area contributed by atoms with E-state index in [4.69, 9.17) is 5.73 Å². The standard InChI is InChI=1S/C14H20N2OS/c1-3-12(4-2)14(17)16-9-13-8-11(10-18-13)6-5-7-15/h8,10,12H,3-4,7,9,15H2,1-2H3,(H,16,17). The van der Waals surface area contributed by atoms with E-state index in [0.29, 0.717) is 13.1 Å². The third kappa shape index (κ3) is 4.52. The highest BCUT2D eigenvalue weighted by Gasteiger charge is 2.13. The molecule has 3 nitrogen and oxygen atoms in total. The fourth-order valence-electron chi connectivity index (χ4n) is 1.67. The van der Waals surface area contributed by atoms with Gasteiger partial charge in [-0.2, -0.15) is 0 Å². The molecule has 4 heteroatoms. The van der Waals surface area contributed by atoms with Gasteiger partial charge in [-0.1, -0.05) is 25.7 Å². The van der Waals surface area contributed by atoms with Crippen LogP contribution in [0.1, 0.15) is 37.1 Å². The highest BCUT2D eigenvalue weighted by Crippen LogP contribution is 2.14. The van der Waals surface area contributed by atoms with Crippen molar-refractivity contribution in [1.82, 2.24) is 5.32 Å². The third-order valence-corrected chi connectivity index (χ3v) is 3.72. The number of nitrogens with one attached hydrogen (secondary N) is 1. The first-order valence-electron chi connectivity index (χ1n) is 6.25. The first kappa shape index (κ1) is 14.7. The minimum atomic E-state index is 0.126. The van der Waals surface area contributed by atoms with Crippen LogP contribution in [0.25, 0.3) is 0 Å². The lowest BCUT2D eigenvalue weighted by molar-refractivity contribution is -0.125. The summed E-state index contributed by atoms with van der Waals surface area (Å²) >= 11 is 1.61. The highest BCUT2D eigenvalue weighted by molar-refractivity contribution is 7.10. The molecule has 0 radical (unpaired) electrons. The minimum Gasteiger partial charge on any atom is -0.351 e. The van der Waals surface area contributed by atoms with Crippen molar-refractivity contribution in [2.45, 2.75) is 33.2 Å². The molecule has 1 aromatic heterocycles. The molecule has 0 aliphatic carbocycles. The van der Waals surface area contributed by atoms with E-state index in [1.807, 2.05) is 25.3 Å². The molecule has 0 unspecified atom stereocenters. The zero-order valence-electron chi connectivity index (χ0n) is 11.0. The molecule has 0 saturated heterocycles. The fourth-order valence-corrected chi connectivity index (χ4v) is 2.43. The molecule has 0 aliphatic heterocycles. The molecular weight excluding hydrogens is 244 g/mol. The Bertz CT molecular complexity index is 438. The summed E-state index contributed by atoms with van der Waals surface area (Å²) < 4.78 is 0. The molecule has 1 amide bonds. The molecule has 1 heterocycles. The number of carbonyl (C=O) groups excluding carboxylic acids is 1. The lowest BCUT2D eigenvalue weighted by Crippen LogP contribution is -2.29. The first-order chi connectivity index (χ1) is 8.71. The molecule has 1 aromatic rings. The van der Waals surface area contributed by atoms with E-state index < -0.39 is 0 Å². The number of amides is 1. The number of rotatable bonds is 5. The van der Waals surface area contributed by atoms with E-state index in [9.17, 15) is 4.79 Å². The summed E-state index contributed by atoms with van der Waals surface area (Å²) in [7, 11) is 0. The number of hydrogen-bond donors (Lipinski definition) is 2. The van der Waals surface area contributed by atoms with Crippen LogP contribution in [0.15, 0.2) is 11.4 Å². The van der Waals surface area contributed by atoms with Crippen molar-refractivity contribution in [3.63, 3.8) is 0 Å². The summed E-state index contributed by atoms with van der Waals surface area (Å²) in [5.41, 5.74) is 6.29. The van der Waals surface area contributed by atoms with Crippen molar-refractivity contribution in [3.8, 4) is 11.8 Å². The van der Waals surface area contributed by atoms with Gasteiger partial charge in [-0.05, 0) is 18.9 Å². The minimum absolute atomic E-state index is 0.126. The van der Waals surface area contributed by atoms with Gasteiger partial charge < -0.3 is 11.1 Å². The monoisotopic (exact) mass is 264 g/mol.